The van der Waals surface area contributed by atoms with Crippen molar-refractivity contribution >= 4 is 27.0 Å². The monoisotopic (exact) mass is 359 g/mol. The quantitative estimate of drug-likeness (QED) is 0.698. The minimum Gasteiger partial charge on any atom is -0.480 e. The lowest BCUT2D eigenvalue weighted by Gasteiger charge is -2.09. The number of nitrogens with zero attached hydrogens (tertiary/aromatic N) is 2. The molecule has 0 aliphatic heterocycles. The van der Waals surface area contributed by atoms with Gasteiger partial charge in [-0.05, 0) is 36.8 Å². The molecule has 0 saturated carbocycles. The van der Waals surface area contributed by atoms with Crippen molar-refractivity contribution in [1.29, 1.82) is 0 Å². The Kier molecular flexibility index (Phi) is 4.56. The standard InChI is InChI=1S/C17H17N3O4S/c1-12-19-15-4-2-3-5-16(15)20(12)11-13-6-8-14(9-7-13)25(23,24)18-10-17(21)22/h2-9,18H,10-11H2,1H3,(H,21,22). The van der Waals surface area contributed by atoms with Gasteiger partial charge in [0.2, 0.25) is 10.0 Å². The number of hydrogen-bond donors (Lipinski definition) is 2. The van der Waals surface area contributed by atoms with E-state index in [1.807, 2.05) is 35.9 Å². The molecule has 0 amide bonds. The van der Waals surface area contributed by atoms with E-state index in [1.165, 1.54) is 12.1 Å². The molecule has 3 rings (SSSR count). The van der Waals surface area contributed by atoms with E-state index in [1.54, 1.807) is 12.1 Å². The highest BCUT2D eigenvalue weighted by atomic mass is 32.2. The molecule has 0 saturated heterocycles. The van der Waals surface area contributed by atoms with Gasteiger partial charge >= 0.3 is 5.97 Å². The fourth-order valence-electron chi connectivity index (χ4n) is 2.59. The molecule has 0 aliphatic rings. The number of imidazole rings is 1. The van der Waals surface area contributed by atoms with Gasteiger partial charge in [-0.25, -0.2) is 13.4 Å². The maximum atomic E-state index is 12.0. The molecule has 0 fully saturated rings. The topological polar surface area (TPSA) is 101 Å². The van der Waals surface area contributed by atoms with Gasteiger partial charge in [0, 0.05) is 6.54 Å². The number of aromatic nitrogens is 2. The predicted molar refractivity (Wildman–Crippen MR) is 92.8 cm³/mol. The number of aliphatic carboxylic acids is 1. The van der Waals surface area contributed by atoms with Gasteiger partial charge in [0.25, 0.3) is 0 Å². The molecule has 1 heterocycles. The van der Waals surface area contributed by atoms with E-state index >= 15 is 0 Å². The fraction of sp³-hybridized carbons (Fsp3) is 0.176. The Labute approximate surface area is 145 Å². The Hall–Kier alpha value is -2.71. The van der Waals surface area contributed by atoms with Crippen LogP contribution < -0.4 is 4.72 Å². The predicted octanol–water partition coefficient (Wildman–Crippen LogP) is 1.76. The van der Waals surface area contributed by atoms with Crippen molar-refractivity contribution in [3.05, 3.63) is 59.9 Å². The zero-order valence-corrected chi connectivity index (χ0v) is 14.3. The highest BCUT2D eigenvalue weighted by Gasteiger charge is 2.15. The highest BCUT2D eigenvalue weighted by Crippen LogP contribution is 2.18. The summed E-state index contributed by atoms with van der Waals surface area (Å²) in [7, 11) is -3.83. The molecule has 0 radical (unpaired) electrons. The molecule has 0 spiro atoms. The molecule has 0 unspecified atom stereocenters. The summed E-state index contributed by atoms with van der Waals surface area (Å²) in [6.07, 6.45) is 0. The number of rotatable bonds is 6. The van der Waals surface area contributed by atoms with Crippen LogP contribution in [-0.4, -0.2) is 35.6 Å². The van der Waals surface area contributed by atoms with Crippen molar-refractivity contribution in [2.24, 2.45) is 0 Å². The van der Waals surface area contributed by atoms with Gasteiger partial charge in [-0.1, -0.05) is 24.3 Å². The average Bonchev–Trinajstić information content (AvgIpc) is 2.89. The molecule has 0 bridgehead atoms. The van der Waals surface area contributed by atoms with Crippen LogP contribution in [0.25, 0.3) is 11.0 Å². The van der Waals surface area contributed by atoms with Crippen LogP contribution in [0.5, 0.6) is 0 Å². The van der Waals surface area contributed by atoms with Crippen LogP contribution >= 0.6 is 0 Å². The third-order valence-electron chi connectivity index (χ3n) is 3.83. The van der Waals surface area contributed by atoms with Crippen LogP contribution in [-0.2, 0) is 21.4 Å². The summed E-state index contributed by atoms with van der Waals surface area (Å²) in [4.78, 5) is 15.1. The maximum absolute atomic E-state index is 12.0. The van der Waals surface area contributed by atoms with Gasteiger partial charge in [0.1, 0.15) is 12.4 Å². The summed E-state index contributed by atoms with van der Waals surface area (Å²) in [5.74, 6) is -0.358. The molecule has 2 N–H and O–H groups in total. The van der Waals surface area contributed by atoms with Crippen molar-refractivity contribution < 1.29 is 18.3 Å². The molecule has 0 atom stereocenters. The van der Waals surface area contributed by atoms with Crippen molar-refractivity contribution in [2.75, 3.05) is 6.54 Å². The first-order valence-electron chi connectivity index (χ1n) is 7.59. The second kappa shape index (κ2) is 6.66. The van der Waals surface area contributed by atoms with Crippen molar-refractivity contribution in [3.8, 4) is 0 Å². The molecule has 2 aromatic carbocycles. The zero-order valence-electron chi connectivity index (χ0n) is 13.5. The van der Waals surface area contributed by atoms with Crippen LogP contribution in [0.3, 0.4) is 0 Å². The third-order valence-corrected chi connectivity index (χ3v) is 5.25. The van der Waals surface area contributed by atoms with Gasteiger partial charge in [-0.15, -0.1) is 0 Å². The minimum absolute atomic E-state index is 0.0321. The summed E-state index contributed by atoms with van der Waals surface area (Å²) in [6.45, 7) is 1.84. The zero-order chi connectivity index (χ0) is 18.0. The molecule has 7 nitrogen and oxygen atoms in total. The fourth-order valence-corrected chi connectivity index (χ4v) is 3.57. The summed E-state index contributed by atoms with van der Waals surface area (Å²) < 4.78 is 28.1. The first-order valence-corrected chi connectivity index (χ1v) is 9.07. The van der Waals surface area contributed by atoms with Crippen LogP contribution in [0.15, 0.2) is 53.4 Å². The lowest BCUT2D eigenvalue weighted by Crippen LogP contribution is -2.29. The summed E-state index contributed by atoms with van der Waals surface area (Å²) in [6, 6.07) is 14.2. The molecule has 130 valence electrons. The molecule has 25 heavy (non-hydrogen) atoms. The Morgan fingerprint density at radius 3 is 2.52 bits per heavy atom. The number of carboxylic acid groups (broad SMARTS) is 1. The normalized spacial score (nSPS) is 11.7. The second-order valence-electron chi connectivity index (χ2n) is 5.60. The van der Waals surface area contributed by atoms with E-state index in [-0.39, 0.29) is 4.90 Å². The lowest BCUT2D eigenvalue weighted by molar-refractivity contribution is -0.135. The Balaban J connectivity index is 1.83. The molecule has 8 heteroatoms. The maximum Gasteiger partial charge on any atom is 0.318 e. The number of aryl methyl sites for hydroxylation is 1. The molecular formula is C17H17N3O4S. The molecule has 1 aromatic heterocycles. The van der Waals surface area contributed by atoms with Crippen molar-refractivity contribution in [1.82, 2.24) is 14.3 Å². The van der Waals surface area contributed by atoms with Crippen LogP contribution in [0, 0.1) is 6.92 Å². The largest absolute Gasteiger partial charge is 0.480 e. The summed E-state index contributed by atoms with van der Waals surface area (Å²) >= 11 is 0. The average molecular weight is 359 g/mol. The van der Waals surface area contributed by atoms with Crippen LogP contribution in [0.1, 0.15) is 11.4 Å². The van der Waals surface area contributed by atoms with E-state index in [0.717, 1.165) is 22.4 Å². The van der Waals surface area contributed by atoms with Gasteiger partial charge in [0.05, 0.1) is 15.9 Å². The van der Waals surface area contributed by atoms with Crippen molar-refractivity contribution in [3.63, 3.8) is 0 Å². The Morgan fingerprint density at radius 1 is 1.16 bits per heavy atom. The number of carboxylic acids is 1. The Morgan fingerprint density at radius 2 is 1.84 bits per heavy atom. The van der Waals surface area contributed by atoms with Crippen LogP contribution in [0.2, 0.25) is 0 Å². The van der Waals surface area contributed by atoms with Gasteiger partial charge < -0.3 is 9.67 Å². The lowest BCUT2D eigenvalue weighted by atomic mass is 10.2. The number of hydrogen-bond acceptors (Lipinski definition) is 4. The molecule has 3 aromatic rings. The second-order valence-corrected chi connectivity index (χ2v) is 7.36. The first-order chi connectivity index (χ1) is 11.9. The summed E-state index contributed by atoms with van der Waals surface area (Å²) in [5, 5.41) is 8.59. The Bertz CT molecular complexity index is 1020. The number of para-hydroxylation sites is 2. The molecular weight excluding hydrogens is 342 g/mol. The van der Waals surface area contributed by atoms with Gasteiger partial charge in [-0.2, -0.15) is 4.72 Å². The van der Waals surface area contributed by atoms with E-state index in [2.05, 4.69) is 9.55 Å². The highest BCUT2D eigenvalue weighted by molar-refractivity contribution is 7.89. The number of benzene rings is 2. The smallest absolute Gasteiger partial charge is 0.318 e. The summed E-state index contributed by atoms with van der Waals surface area (Å²) in [5.41, 5.74) is 2.85. The van der Waals surface area contributed by atoms with E-state index < -0.39 is 22.5 Å². The van der Waals surface area contributed by atoms with E-state index in [4.69, 9.17) is 5.11 Å². The number of fused-ring (bicyclic) bond motifs is 1. The van der Waals surface area contributed by atoms with Crippen LogP contribution in [0.4, 0.5) is 0 Å². The van der Waals surface area contributed by atoms with E-state index in [0.29, 0.717) is 6.54 Å². The van der Waals surface area contributed by atoms with Gasteiger partial charge in [0.15, 0.2) is 0 Å². The third kappa shape index (κ3) is 3.70. The van der Waals surface area contributed by atoms with Crippen molar-refractivity contribution in [2.45, 2.75) is 18.4 Å². The van der Waals surface area contributed by atoms with E-state index in [9.17, 15) is 13.2 Å². The molecule has 0 aliphatic carbocycles. The minimum atomic E-state index is -3.83. The first kappa shape index (κ1) is 17.1. The number of nitrogens with one attached hydrogen (secondary N) is 1. The number of sulfonamides is 1. The van der Waals surface area contributed by atoms with Gasteiger partial charge in [-0.3, -0.25) is 4.79 Å². The SMILES string of the molecule is Cc1nc2ccccc2n1Cc1ccc(S(=O)(=O)NCC(=O)O)cc1. The number of carbonyl (C=O) groups is 1.